The number of hydrogen-bond donors (Lipinski definition) is 1. The molecule has 18 heavy (non-hydrogen) atoms. The molecule has 6 heteroatoms. The Labute approximate surface area is 107 Å². The van der Waals surface area contributed by atoms with Gasteiger partial charge >= 0.3 is 0 Å². The number of rotatable bonds is 5. The van der Waals surface area contributed by atoms with Crippen LogP contribution >= 0.6 is 0 Å². The number of aliphatic hydroxyl groups is 1. The first-order chi connectivity index (χ1) is 8.25. The highest BCUT2D eigenvalue weighted by atomic mass is 32.2. The molecular weight excluding hydrogens is 257 g/mol. The lowest BCUT2D eigenvalue weighted by atomic mass is 10.2. The molecule has 0 aromatic heterocycles. The number of hydrogen-bond acceptors (Lipinski definition) is 3. The van der Waals surface area contributed by atoms with Crippen molar-refractivity contribution in [2.24, 2.45) is 0 Å². The average molecular weight is 275 g/mol. The lowest BCUT2D eigenvalue weighted by Gasteiger charge is -2.19. The summed E-state index contributed by atoms with van der Waals surface area (Å²) in [5.41, 5.74) is 0.500. The average Bonchev–Trinajstić information content (AvgIpc) is 2.28. The highest BCUT2D eigenvalue weighted by molar-refractivity contribution is 7.89. The summed E-state index contributed by atoms with van der Waals surface area (Å²) in [5, 5.41) is 9.15. The number of nitrogens with zero attached hydrogens (tertiary/aromatic N) is 1. The van der Waals surface area contributed by atoms with E-state index in [0.29, 0.717) is 12.0 Å². The summed E-state index contributed by atoms with van der Waals surface area (Å²) in [6.07, 6.45) is -0.236. The molecule has 1 atom stereocenters. The first kappa shape index (κ1) is 15.1. The van der Waals surface area contributed by atoms with Crippen molar-refractivity contribution in [2.45, 2.75) is 31.3 Å². The largest absolute Gasteiger partial charge is 0.393 e. The molecule has 0 amide bonds. The van der Waals surface area contributed by atoms with Crippen molar-refractivity contribution >= 4 is 10.0 Å². The van der Waals surface area contributed by atoms with Gasteiger partial charge in [-0.05, 0) is 38.0 Å². The number of halogens is 1. The van der Waals surface area contributed by atoms with Gasteiger partial charge in [0.2, 0.25) is 10.0 Å². The van der Waals surface area contributed by atoms with E-state index in [1.165, 1.54) is 19.2 Å². The SMILES string of the molecule is Cc1ccc(F)cc1S(=O)(=O)N(C)CCC(C)O. The van der Waals surface area contributed by atoms with Gasteiger partial charge in [0, 0.05) is 13.6 Å². The van der Waals surface area contributed by atoms with Crippen LogP contribution < -0.4 is 0 Å². The van der Waals surface area contributed by atoms with E-state index in [1.54, 1.807) is 13.8 Å². The smallest absolute Gasteiger partial charge is 0.243 e. The Bertz CT molecular complexity index is 514. The van der Waals surface area contributed by atoms with E-state index in [2.05, 4.69) is 0 Å². The van der Waals surface area contributed by atoms with Crippen LogP contribution in [-0.4, -0.2) is 37.5 Å². The number of benzene rings is 1. The molecule has 1 unspecified atom stereocenters. The van der Waals surface area contributed by atoms with Crippen molar-refractivity contribution in [1.29, 1.82) is 0 Å². The van der Waals surface area contributed by atoms with Gasteiger partial charge in [-0.1, -0.05) is 6.07 Å². The zero-order valence-electron chi connectivity index (χ0n) is 10.7. The summed E-state index contributed by atoms with van der Waals surface area (Å²) in [4.78, 5) is -0.0319. The molecule has 0 heterocycles. The van der Waals surface area contributed by atoms with Crippen molar-refractivity contribution in [2.75, 3.05) is 13.6 Å². The van der Waals surface area contributed by atoms with Gasteiger partial charge in [0.1, 0.15) is 5.82 Å². The van der Waals surface area contributed by atoms with Crippen LogP contribution in [0.1, 0.15) is 18.9 Å². The summed E-state index contributed by atoms with van der Waals surface area (Å²) < 4.78 is 38.6. The summed E-state index contributed by atoms with van der Waals surface area (Å²) in [7, 11) is -2.29. The predicted octanol–water partition coefficient (Wildman–Crippen LogP) is 1.53. The quantitative estimate of drug-likeness (QED) is 0.886. The molecule has 4 nitrogen and oxygen atoms in total. The standard InChI is InChI=1S/C12H18FNO3S/c1-9-4-5-11(13)8-12(9)18(16,17)14(3)7-6-10(2)15/h4-5,8,10,15H,6-7H2,1-3H3. The van der Waals surface area contributed by atoms with Crippen molar-refractivity contribution in [3.05, 3.63) is 29.6 Å². The van der Waals surface area contributed by atoms with Crippen LogP contribution in [0.25, 0.3) is 0 Å². The van der Waals surface area contributed by atoms with E-state index in [-0.39, 0.29) is 11.4 Å². The molecule has 102 valence electrons. The second-order valence-electron chi connectivity index (χ2n) is 4.37. The third-order valence-corrected chi connectivity index (χ3v) is 4.70. The number of aliphatic hydroxyl groups excluding tert-OH is 1. The van der Waals surface area contributed by atoms with E-state index in [9.17, 15) is 12.8 Å². The molecule has 1 N–H and O–H groups in total. The third-order valence-electron chi connectivity index (χ3n) is 2.70. The fourth-order valence-electron chi connectivity index (χ4n) is 1.51. The Balaban J connectivity index is 3.02. The fraction of sp³-hybridized carbons (Fsp3) is 0.500. The second-order valence-corrected chi connectivity index (χ2v) is 6.39. The van der Waals surface area contributed by atoms with E-state index in [0.717, 1.165) is 10.4 Å². The topological polar surface area (TPSA) is 57.6 Å². The van der Waals surface area contributed by atoms with Gasteiger partial charge in [0.05, 0.1) is 11.0 Å². The van der Waals surface area contributed by atoms with E-state index in [1.807, 2.05) is 0 Å². The predicted molar refractivity (Wildman–Crippen MR) is 67.3 cm³/mol. The van der Waals surface area contributed by atoms with Crippen molar-refractivity contribution in [1.82, 2.24) is 4.31 Å². The monoisotopic (exact) mass is 275 g/mol. The maximum Gasteiger partial charge on any atom is 0.243 e. The molecule has 0 saturated heterocycles. The van der Waals surface area contributed by atoms with E-state index >= 15 is 0 Å². The zero-order valence-corrected chi connectivity index (χ0v) is 11.5. The first-order valence-electron chi connectivity index (χ1n) is 5.65. The van der Waals surface area contributed by atoms with Crippen LogP contribution in [-0.2, 0) is 10.0 Å². The summed E-state index contributed by atoms with van der Waals surface area (Å²) in [6.45, 7) is 3.40. The van der Waals surface area contributed by atoms with Crippen LogP contribution in [0.15, 0.2) is 23.1 Å². The van der Waals surface area contributed by atoms with E-state index < -0.39 is 21.9 Å². The Morgan fingerprint density at radius 3 is 2.61 bits per heavy atom. The number of sulfonamides is 1. The molecule has 0 aliphatic rings. The normalized spacial score (nSPS) is 13.9. The fourth-order valence-corrected chi connectivity index (χ4v) is 2.93. The molecule has 0 fully saturated rings. The van der Waals surface area contributed by atoms with Gasteiger partial charge in [0.25, 0.3) is 0 Å². The lowest BCUT2D eigenvalue weighted by Crippen LogP contribution is -2.30. The van der Waals surface area contributed by atoms with Crippen LogP contribution in [0.2, 0.25) is 0 Å². The lowest BCUT2D eigenvalue weighted by molar-refractivity contribution is 0.177. The molecule has 0 spiro atoms. The third kappa shape index (κ3) is 3.51. The molecule has 1 rings (SSSR count). The number of aryl methyl sites for hydroxylation is 1. The van der Waals surface area contributed by atoms with Crippen LogP contribution in [0.5, 0.6) is 0 Å². The Kier molecular flexibility index (Phi) is 4.84. The molecule has 0 radical (unpaired) electrons. The molecular formula is C12H18FNO3S. The van der Waals surface area contributed by atoms with Crippen molar-refractivity contribution in [3.63, 3.8) is 0 Å². The van der Waals surface area contributed by atoms with Gasteiger partial charge in [-0.3, -0.25) is 0 Å². The molecule has 0 saturated carbocycles. The maximum atomic E-state index is 13.1. The van der Waals surface area contributed by atoms with Gasteiger partial charge in [-0.2, -0.15) is 0 Å². The van der Waals surface area contributed by atoms with Gasteiger partial charge in [-0.15, -0.1) is 0 Å². The van der Waals surface area contributed by atoms with Crippen LogP contribution in [0, 0.1) is 12.7 Å². The van der Waals surface area contributed by atoms with Crippen LogP contribution in [0.3, 0.4) is 0 Å². The minimum Gasteiger partial charge on any atom is -0.393 e. The summed E-state index contributed by atoms with van der Waals surface area (Å²) in [5.74, 6) is -0.580. The molecule has 0 aliphatic heterocycles. The second kappa shape index (κ2) is 5.77. The summed E-state index contributed by atoms with van der Waals surface area (Å²) in [6, 6.07) is 3.68. The Hall–Kier alpha value is -0.980. The van der Waals surface area contributed by atoms with Gasteiger partial charge in [-0.25, -0.2) is 17.1 Å². The van der Waals surface area contributed by atoms with Crippen LogP contribution in [0.4, 0.5) is 4.39 Å². The maximum absolute atomic E-state index is 13.1. The highest BCUT2D eigenvalue weighted by Gasteiger charge is 2.23. The minimum atomic E-state index is -3.71. The molecule has 0 bridgehead atoms. The molecule has 1 aromatic carbocycles. The Morgan fingerprint density at radius 2 is 2.06 bits per heavy atom. The molecule has 1 aromatic rings. The van der Waals surface area contributed by atoms with Gasteiger partial charge < -0.3 is 5.11 Å². The van der Waals surface area contributed by atoms with Crippen molar-refractivity contribution in [3.8, 4) is 0 Å². The van der Waals surface area contributed by atoms with Gasteiger partial charge in [0.15, 0.2) is 0 Å². The van der Waals surface area contributed by atoms with E-state index in [4.69, 9.17) is 5.11 Å². The molecule has 0 aliphatic carbocycles. The zero-order chi connectivity index (χ0) is 13.9. The minimum absolute atomic E-state index is 0.0319. The first-order valence-corrected chi connectivity index (χ1v) is 7.09. The summed E-state index contributed by atoms with van der Waals surface area (Å²) >= 11 is 0. The Morgan fingerprint density at radius 1 is 1.44 bits per heavy atom. The highest BCUT2D eigenvalue weighted by Crippen LogP contribution is 2.20. The van der Waals surface area contributed by atoms with Crippen molar-refractivity contribution < 1.29 is 17.9 Å².